The van der Waals surface area contributed by atoms with E-state index in [2.05, 4.69) is 10.3 Å². The van der Waals surface area contributed by atoms with E-state index in [9.17, 15) is 4.79 Å². The van der Waals surface area contributed by atoms with Crippen molar-refractivity contribution in [3.8, 4) is 6.07 Å². The van der Waals surface area contributed by atoms with Crippen molar-refractivity contribution < 1.29 is 9.21 Å². The molecule has 0 aliphatic rings. The maximum atomic E-state index is 11.8. The predicted octanol–water partition coefficient (Wildman–Crippen LogP) is 3.37. The number of amides is 1. The fraction of sp³-hybridized carbons (Fsp3) is 0.267. The molecule has 0 saturated heterocycles. The van der Waals surface area contributed by atoms with Gasteiger partial charge < -0.3 is 9.73 Å². The van der Waals surface area contributed by atoms with Crippen molar-refractivity contribution >= 4 is 23.4 Å². The van der Waals surface area contributed by atoms with E-state index in [1.54, 1.807) is 30.5 Å². The normalized spacial score (nSPS) is 10.1. The molecule has 0 aliphatic carbocycles. The van der Waals surface area contributed by atoms with Crippen LogP contribution in [0.15, 0.2) is 40.2 Å². The Labute approximate surface area is 127 Å². The Bertz CT molecular complexity index is 661. The van der Waals surface area contributed by atoms with E-state index in [1.807, 2.05) is 13.0 Å². The number of thioether (sulfide) groups is 1. The smallest absolute Gasteiger partial charge is 0.255 e. The molecule has 1 aromatic carbocycles. The van der Waals surface area contributed by atoms with Gasteiger partial charge >= 0.3 is 0 Å². The Kier molecular flexibility index (Phi) is 5.41. The van der Waals surface area contributed by atoms with Crippen molar-refractivity contribution in [1.82, 2.24) is 4.98 Å². The molecule has 0 fully saturated rings. The first kappa shape index (κ1) is 15.1. The maximum Gasteiger partial charge on any atom is 0.255 e. The Balaban J connectivity index is 1.71. The molecule has 0 aliphatic heterocycles. The lowest BCUT2D eigenvalue weighted by molar-refractivity contribution is -0.116. The summed E-state index contributed by atoms with van der Waals surface area (Å²) in [5, 5.41) is 12.2. The minimum atomic E-state index is -0.0609. The summed E-state index contributed by atoms with van der Waals surface area (Å²) in [5.41, 5.74) is 2.03. The number of nitriles is 1. The number of rotatable bonds is 6. The molecular formula is C15H15N3O2S. The lowest BCUT2D eigenvalue weighted by atomic mass is 10.2. The molecule has 0 bridgehead atoms. The van der Waals surface area contributed by atoms with Crippen molar-refractivity contribution in [2.75, 3.05) is 11.1 Å². The second kappa shape index (κ2) is 7.50. The van der Waals surface area contributed by atoms with Crippen LogP contribution >= 0.6 is 11.8 Å². The van der Waals surface area contributed by atoms with Crippen LogP contribution in [0.3, 0.4) is 0 Å². The zero-order valence-electron chi connectivity index (χ0n) is 11.6. The second-order valence-electron chi connectivity index (χ2n) is 4.45. The van der Waals surface area contributed by atoms with Crippen LogP contribution in [0.2, 0.25) is 0 Å². The minimum absolute atomic E-state index is 0.0609. The molecule has 0 unspecified atom stereocenters. The molecule has 6 heteroatoms. The molecule has 1 aromatic heterocycles. The van der Waals surface area contributed by atoms with Crippen LogP contribution in [0, 0.1) is 18.3 Å². The van der Waals surface area contributed by atoms with Gasteiger partial charge in [0.1, 0.15) is 6.26 Å². The highest BCUT2D eigenvalue weighted by atomic mass is 32.2. The van der Waals surface area contributed by atoms with Crippen LogP contribution in [-0.4, -0.2) is 16.6 Å². The molecule has 0 radical (unpaired) electrons. The molecule has 2 rings (SSSR count). The maximum absolute atomic E-state index is 11.8. The highest BCUT2D eigenvalue weighted by Gasteiger charge is 2.05. The van der Waals surface area contributed by atoms with Gasteiger partial charge in [-0.3, -0.25) is 4.79 Å². The minimum Gasteiger partial charge on any atom is -0.440 e. The SMILES string of the molecule is Cc1coc(SCCCC(=O)Nc2cccc(C#N)c2)n1. The second-order valence-corrected chi connectivity index (χ2v) is 5.49. The summed E-state index contributed by atoms with van der Waals surface area (Å²) < 4.78 is 5.21. The number of anilines is 1. The van der Waals surface area contributed by atoms with E-state index in [1.165, 1.54) is 11.8 Å². The number of benzene rings is 1. The van der Waals surface area contributed by atoms with E-state index >= 15 is 0 Å². The van der Waals surface area contributed by atoms with Crippen LogP contribution in [-0.2, 0) is 4.79 Å². The number of hydrogen-bond donors (Lipinski definition) is 1. The number of aromatic nitrogens is 1. The lowest BCUT2D eigenvalue weighted by Crippen LogP contribution is -2.11. The highest BCUT2D eigenvalue weighted by Crippen LogP contribution is 2.18. The van der Waals surface area contributed by atoms with Gasteiger partial charge in [-0.2, -0.15) is 5.26 Å². The third-order valence-electron chi connectivity index (χ3n) is 2.65. The first-order valence-electron chi connectivity index (χ1n) is 6.52. The van der Waals surface area contributed by atoms with Gasteiger partial charge in [-0.25, -0.2) is 4.98 Å². The van der Waals surface area contributed by atoms with Crippen LogP contribution in [0.5, 0.6) is 0 Å². The molecule has 21 heavy (non-hydrogen) atoms. The number of nitrogens with zero attached hydrogens (tertiary/aromatic N) is 2. The van der Waals surface area contributed by atoms with Gasteiger partial charge in [0.15, 0.2) is 0 Å². The summed E-state index contributed by atoms with van der Waals surface area (Å²) in [5.74, 6) is 0.709. The van der Waals surface area contributed by atoms with Crippen LogP contribution in [0.25, 0.3) is 0 Å². The van der Waals surface area contributed by atoms with Gasteiger partial charge in [0.25, 0.3) is 5.22 Å². The van der Waals surface area contributed by atoms with Gasteiger partial charge in [0.2, 0.25) is 5.91 Å². The molecule has 0 spiro atoms. The number of nitrogens with one attached hydrogen (secondary N) is 1. The van der Waals surface area contributed by atoms with E-state index in [0.29, 0.717) is 22.9 Å². The lowest BCUT2D eigenvalue weighted by Gasteiger charge is -2.04. The van der Waals surface area contributed by atoms with E-state index in [0.717, 1.165) is 17.9 Å². The third kappa shape index (κ3) is 4.97. The summed E-state index contributed by atoms with van der Waals surface area (Å²) in [6.45, 7) is 1.87. The van der Waals surface area contributed by atoms with Crippen molar-refractivity contribution in [2.45, 2.75) is 25.0 Å². The number of oxazole rings is 1. The van der Waals surface area contributed by atoms with E-state index in [4.69, 9.17) is 9.68 Å². The summed E-state index contributed by atoms with van der Waals surface area (Å²) in [7, 11) is 0. The Morgan fingerprint density at radius 3 is 3.10 bits per heavy atom. The number of carbonyl (C=O) groups is 1. The standard InChI is InChI=1S/C15H15N3O2S/c1-11-10-20-15(17-11)21-7-3-6-14(19)18-13-5-2-4-12(8-13)9-16/h2,4-5,8,10H,3,6-7H2,1H3,(H,18,19). The third-order valence-corrected chi connectivity index (χ3v) is 3.57. The quantitative estimate of drug-likeness (QED) is 0.653. The Hall–Kier alpha value is -2.26. The molecule has 108 valence electrons. The number of carbonyl (C=O) groups excluding carboxylic acids is 1. The van der Waals surface area contributed by atoms with Crippen molar-refractivity contribution in [1.29, 1.82) is 5.26 Å². The molecule has 0 atom stereocenters. The molecule has 2 aromatic rings. The molecule has 1 heterocycles. The Morgan fingerprint density at radius 2 is 2.38 bits per heavy atom. The van der Waals surface area contributed by atoms with Crippen LogP contribution in [0.1, 0.15) is 24.1 Å². The van der Waals surface area contributed by atoms with Crippen molar-refractivity contribution in [3.05, 3.63) is 41.8 Å². The van der Waals surface area contributed by atoms with Crippen LogP contribution < -0.4 is 5.32 Å². The largest absolute Gasteiger partial charge is 0.440 e. The van der Waals surface area contributed by atoms with Gasteiger partial charge in [-0.1, -0.05) is 17.8 Å². The van der Waals surface area contributed by atoms with Gasteiger partial charge in [-0.15, -0.1) is 0 Å². The van der Waals surface area contributed by atoms with Crippen molar-refractivity contribution in [3.63, 3.8) is 0 Å². The fourth-order valence-electron chi connectivity index (χ4n) is 1.68. The van der Waals surface area contributed by atoms with Crippen LogP contribution in [0.4, 0.5) is 5.69 Å². The molecule has 0 saturated carbocycles. The summed E-state index contributed by atoms with van der Waals surface area (Å²) in [6.07, 6.45) is 2.76. The molecule has 5 nitrogen and oxygen atoms in total. The highest BCUT2D eigenvalue weighted by molar-refractivity contribution is 7.99. The van der Waals surface area contributed by atoms with Gasteiger partial charge in [0.05, 0.1) is 17.3 Å². The summed E-state index contributed by atoms with van der Waals surface area (Å²) >= 11 is 1.49. The average Bonchev–Trinajstić information content (AvgIpc) is 2.89. The molecular weight excluding hydrogens is 286 g/mol. The first-order chi connectivity index (χ1) is 10.2. The average molecular weight is 301 g/mol. The number of aryl methyl sites for hydroxylation is 1. The van der Waals surface area contributed by atoms with Crippen molar-refractivity contribution in [2.24, 2.45) is 0 Å². The Morgan fingerprint density at radius 1 is 1.52 bits per heavy atom. The van der Waals surface area contributed by atoms with E-state index < -0.39 is 0 Å². The zero-order valence-corrected chi connectivity index (χ0v) is 12.4. The molecule has 1 amide bonds. The van der Waals surface area contributed by atoms with Gasteiger partial charge in [-0.05, 0) is 31.5 Å². The summed E-state index contributed by atoms with van der Waals surface area (Å²) in [4.78, 5) is 16.0. The fourth-order valence-corrected chi connectivity index (χ4v) is 2.47. The molecule has 1 N–H and O–H groups in total. The number of hydrogen-bond acceptors (Lipinski definition) is 5. The predicted molar refractivity (Wildman–Crippen MR) is 81.0 cm³/mol. The first-order valence-corrected chi connectivity index (χ1v) is 7.51. The van der Waals surface area contributed by atoms with E-state index in [-0.39, 0.29) is 5.91 Å². The monoisotopic (exact) mass is 301 g/mol. The topological polar surface area (TPSA) is 78.9 Å². The zero-order chi connectivity index (χ0) is 15.1. The summed E-state index contributed by atoms with van der Waals surface area (Å²) in [6, 6.07) is 8.91. The van der Waals surface area contributed by atoms with Gasteiger partial charge in [0, 0.05) is 17.9 Å².